The first-order valence-electron chi connectivity index (χ1n) is 5.85. The lowest BCUT2D eigenvalue weighted by molar-refractivity contribution is -0.120. The molecule has 0 saturated heterocycles. The summed E-state index contributed by atoms with van der Waals surface area (Å²) in [6.45, 7) is 1.84. The molecule has 4 nitrogen and oxygen atoms in total. The monoisotopic (exact) mass is 255 g/mol. The zero-order chi connectivity index (χ0) is 13.5. The van der Waals surface area contributed by atoms with Crippen molar-refractivity contribution >= 4 is 5.91 Å². The summed E-state index contributed by atoms with van der Waals surface area (Å²) in [5.74, 6) is -0.437. The number of hydrogen-bond acceptors (Lipinski definition) is 3. The highest BCUT2D eigenvalue weighted by molar-refractivity contribution is 5.75. The highest BCUT2D eigenvalue weighted by Crippen LogP contribution is 2.22. The fourth-order valence-corrected chi connectivity index (χ4v) is 1.43. The van der Waals surface area contributed by atoms with Crippen molar-refractivity contribution in [1.82, 2.24) is 5.32 Å². The number of benzene rings is 1. The average molecular weight is 255 g/mol. The second-order valence-corrected chi connectivity index (χ2v) is 3.99. The molecule has 1 unspecified atom stereocenters. The predicted molar refractivity (Wildman–Crippen MR) is 65.8 cm³/mol. The van der Waals surface area contributed by atoms with Crippen molar-refractivity contribution in [2.24, 2.45) is 0 Å². The summed E-state index contributed by atoms with van der Waals surface area (Å²) < 4.78 is 18.8. The molecule has 0 radical (unpaired) electrons. The van der Waals surface area contributed by atoms with Crippen LogP contribution in [0.25, 0.3) is 0 Å². The number of ether oxygens (including phenoxy) is 1. The van der Waals surface area contributed by atoms with Crippen LogP contribution in [0.4, 0.5) is 4.39 Å². The van der Waals surface area contributed by atoms with Crippen molar-refractivity contribution < 1.29 is 19.0 Å². The third kappa shape index (κ3) is 4.33. The van der Waals surface area contributed by atoms with E-state index in [1.165, 1.54) is 12.1 Å². The van der Waals surface area contributed by atoms with Crippen LogP contribution < -0.4 is 10.1 Å². The molecule has 0 bridgehead atoms. The van der Waals surface area contributed by atoms with E-state index in [4.69, 9.17) is 4.74 Å². The Morgan fingerprint density at radius 1 is 1.56 bits per heavy atom. The van der Waals surface area contributed by atoms with Crippen molar-refractivity contribution in [3.63, 3.8) is 0 Å². The van der Waals surface area contributed by atoms with Crippen molar-refractivity contribution in [3.05, 3.63) is 29.6 Å². The minimum absolute atomic E-state index is 0.0662. The molecule has 0 saturated carbocycles. The fourth-order valence-electron chi connectivity index (χ4n) is 1.43. The fraction of sp³-hybridized carbons (Fsp3) is 0.462. The molecule has 1 amide bonds. The van der Waals surface area contributed by atoms with Gasteiger partial charge >= 0.3 is 0 Å². The summed E-state index contributed by atoms with van der Waals surface area (Å²) in [7, 11) is 1.57. The van der Waals surface area contributed by atoms with Gasteiger partial charge in [-0.1, -0.05) is 6.07 Å². The van der Waals surface area contributed by atoms with Gasteiger partial charge in [-0.3, -0.25) is 4.79 Å². The molecule has 1 atom stereocenters. The number of carbonyl (C=O) groups is 1. The van der Waals surface area contributed by atoms with Gasteiger partial charge in [0, 0.05) is 13.5 Å². The molecular formula is C13H18FNO3. The maximum absolute atomic E-state index is 13.5. The van der Waals surface area contributed by atoms with Crippen molar-refractivity contribution in [2.45, 2.75) is 25.9 Å². The second kappa shape index (κ2) is 6.96. The number of halogens is 1. The summed E-state index contributed by atoms with van der Waals surface area (Å²) in [6, 6.07) is 4.35. The van der Waals surface area contributed by atoms with E-state index in [-0.39, 0.29) is 18.3 Å². The molecule has 0 heterocycles. The SMILES string of the molecule is CNC(=O)CCCOc1ccc(C(C)O)cc1F. The average Bonchev–Trinajstić information content (AvgIpc) is 2.35. The molecule has 1 aromatic carbocycles. The van der Waals surface area contributed by atoms with Gasteiger partial charge in [0.15, 0.2) is 11.6 Å². The number of carbonyl (C=O) groups excluding carboxylic acids is 1. The van der Waals surface area contributed by atoms with Gasteiger partial charge in [-0.25, -0.2) is 4.39 Å². The zero-order valence-electron chi connectivity index (χ0n) is 10.6. The molecule has 1 aromatic rings. The largest absolute Gasteiger partial charge is 0.491 e. The van der Waals surface area contributed by atoms with Crippen LogP contribution in [0.3, 0.4) is 0 Å². The van der Waals surface area contributed by atoms with Gasteiger partial charge in [0.1, 0.15) is 0 Å². The van der Waals surface area contributed by atoms with E-state index in [1.54, 1.807) is 20.0 Å². The summed E-state index contributed by atoms with van der Waals surface area (Å²) in [4.78, 5) is 10.9. The van der Waals surface area contributed by atoms with Crippen LogP contribution in [0.5, 0.6) is 5.75 Å². The summed E-state index contributed by atoms with van der Waals surface area (Å²) in [5.41, 5.74) is 0.505. The van der Waals surface area contributed by atoms with Gasteiger partial charge in [-0.15, -0.1) is 0 Å². The minimum atomic E-state index is -0.707. The molecule has 1 rings (SSSR count). The van der Waals surface area contributed by atoms with Gasteiger partial charge in [-0.2, -0.15) is 0 Å². The van der Waals surface area contributed by atoms with E-state index in [1.807, 2.05) is 0 Å². The lowest BCUT2D eigenvalue weighted by Crippen LogP contribution is -2.18. The van der Waals surface area contributed by atoms with Crippen LogP contribution >= 0.6 is 0 Å². The Labute approximate surface area is 106 Å². The normalized spacial score (nSPS) is 12.0. The Morgan fingerprint density at radius 2 is 2.28 bits per heavy atom. The van der Waals surface area contributed by atoms with E-state index in [0.717, 1.165) is 0 Å². The smallest absolute Gasteiger partial charge is 0.219 e. The number of amides is 1. The van der Waals surface area contributed by atoms with Crippen LogP contribution in [0.1, 0.15) is 31.4 Å². The van der Waals surface area contributed by atoms with Crippen LogP contribution in [0.15, 0.2) is 18.2 Å². The van der Waals surface area contributed by atoms with Crippen LogP contribution in [-0.2, 0) is 4.79 Å². The Hall–Kier alpha value is -1.62. The Bertz CT molecular complexity index is 407. The highest BCUT2D eigenvalue weighted by atomic mass is 19.1. The third-order valence-corrected chi connectivity index (χ3v) is 2.52. The first-order valence-corrected chi connectivity index (χ1v) is 5.85. The van der Waals surface area contributed by atoms with Gasteiger partial charge in [-0.05, 0) is 31.0 Å². The van der Waals surface area contributed by atoms with E-state index >= 15 is 0 Å². The lowest BCUT2D eigenvalue weighted by Gasteiger charge is -2.09. The molecule has 100 valence electrons. The first kappa shape index (κ1) is 14.4. The lowest BCUT2D eigenvalue weighted by atomic mass is 10.1. The van der Waals surface area contributed by atoms with Gasteiger partial charge in [0.25, 0.3) is 0 Å². The molecule has 0 aliphatic rings. The number of nitrogens with one attached hydrogen (secondary N) is 1. The minimum Gasteiger partial charge on any atom is -0.491 e. The maximum Gasteiger partial charge on any atom is 0.219 e. The van der Waals surface area contributed by atoms with E-state index in [0.29, 0.717) is 18.4 Å². The second-order valence-electron chi connectivity index (χ2n) is 3.99. The highest BCUT2D eigenvalue weighted by Gasteiger charge is 2.08. The number of aliphatic hydroxyl groups excluding tert-OH is 1. The summed E-state index contributed by atoms with van der Waals surface area (Å²) in [5, 5.41) is 11.8. The number of hydrogen-bond donors (Lipinski definition) is 2. The van der Waals surface area contributed by atoms with Crippen LogP contribution in [0, 0.1) is 5.82 Å². The predicted octanol–water partition coefficient (Wildman–Crippen LogP) is 1.78. The number of rotatable bonds is 6. The zero-order valence-corrected chi connectivity index (χ0v) is 10.6. The molecule has 0 aromatic heterocycles. The molecule has 2 N–H and O–H groups in total. The van der Waals surface area contributed by atoms with E-state index in [2.05, 4.69) is 5.32 Å². The molecule has 0 aliphatic heterocycles. The Morgan fingerprint density at radius 3 is 2.83 bits per heavy atom. The molecule has 0 fully saturated rings. The quantitative estimate of drug-likeness (QED) is 0.762. The number of aliphatic hydroxyl groups is 1. The van der Waals surface area contributed by atoms with Crippen molar-refractivity contribution in [3.8, 4) is 5.75 Å². The molecular weight excluding hydrogens is 237 g/mol. The Kier molecular flexibility index (Phi) is 5.58. The first-order chi connectivity index (χ1) is 8.54. The van der Waals surface area contributed by atoms with E-state index in [9.17, 15) is 14.3 Å². The molecule has 18 heavy (non-hydrogen) atoms. The van der Waals surface area contributed by atoms with Crippen molar-refractivity contribution in [1.29, 1.82) is 0 Å². The third-order valence-electron chi connectivity index (χ3n) is 2.52. The van der Waals surface area contributed by atoms with Crippen molar-refractivity contribution in [2.75, 3.05) is 13.7 Å². The standard InChI is InChI=1S/C13H18FNO3/c1-9(16)10-5-6-12(11(14)8-10)18-7-3-4-13(17)15-2/h5-6,8-9,16H,3-4,7H2,1-2H3,(H,15,17). The summed E-state index contributed by atoms with van der Waals surface area (Å²) in [6.07, 6.45) is 0.169. The molecule has 5 heteroatoms. The molecule has 0 aliphatic carbocycles. The topological polar surface area (TPSA) is 58.6 Å². The van der Waals surface area contributed by atoms with Gasteiger partial charge < -0.3 is 15.2 Å². The summed E-state index contributed by atoms with van der Waals surface area (Å²) >= 11 is 0. The van der Waals surface area contributed by atoms with Gasteiger partial charge in [0.2, 0.25) is 5.91 Å². The maximum atomic E-state index is 13.5. The molecule has 0 spiro atoms. The van der Waals surface area contributed by atoms with E-state index < -0.39 is 11.9 Å². The Balaban J connectivity index is 2.45. The van der Waals surface area contributed by atoms with Crippen LogP contribution in [0.2, 0.25) is 0 Å². The van der Waals surface area contributed by atoms with Crippen LogP contribution in [-0.4, -0.2) is 24.7 Å². The van der Waals surface area contributed by atoms with Gasteiger partial charge in [0.05, 0.1) is 12.7 Å².